The number of hydrogen-bond donors (Lipinski definition) is 12. The normalized spacial score (nSPS) is 11.4. The van der Waals surface area contributed by atoms with Gasteiger partial charge in [-0.1, -0.05) is 66.2 Å². The van der Waals surface area contributed by atoms with Gasteiger partial charge in [0.15, 0.2) is 46.3 Å². The van der Waals surface area contributed by atoms with Crippen molar-refractivity contribution in [3.8, 4) is 23.0 Å². The number of hydrogen-bond acceptors (Lipinski definition) is 32. The van der Waals surface area contributed by atoms with E-state index in [-0.39, 0.29) is 155 Å². The van der Waals surface area contributed by atoms with Gasteiger partial charge in [-0.3, -0.25) is 0 Å². The van der Waals surface area contributed by atoms with Crippen LogP contribution in [0.15, 0.2) is 98.1 Å². The second kappa shape index (κ2) is 50.8. The molecule has 0 radical (unpaired) electrons. The van der Waals surface area contributed by atoms with Gasteiger partial charge in [0, 0.05) is 50.1 Å². The molecule has 528 valence electrons. The van der Waals surface area contributed by atoms with Crippen LogP contribution >= 0.6 is 54.0 Å². The zero-order valence-electron chi connectivity index (χ0n) is 54.6. The lowest BCUT2D eigenvalue weighted by Gasteiger charge is -2.20. The van der Waals surface area contributed by atoms with E-state index in [0.717, 1.165) is 64.2 Å². The third-order valence-corrected chi connectivity index (χ3v) is 13.0. The fraction of sp³-hybridized carbons (Fsp3) is 0.467. The molecule has 8 rings (SSSR count). The number of anilines is 8. The SMILES string of the molecule is CCCC[C@@H](CCO)Nc1nc(N)ncc1OCc1cccnn1.CCCC[C@@H](CO)Nc1nc(N)ncc1OCc1cccnn1.CCC[C@@H](CCO)Nc1nc(N)ncc1OCc1cccnn1.CCC[C@@H](CO)Nc1nc(N)ncc1OCc1cccnn1.S.S.S.S. The van der Waals surface area contributed by atoms with E-state index in [9.17, 15) is 20.4 Å². The van der Waals surface area contributed by atoms with Crippen molar-refractivity contribution < 1.29 is 39.4 Å². The first-order chi connectivity index (χ1) is 44.9. The third kappa shape index (κ3) is 33.2. The maximum absolute atomic E-state index is 9.49. The Kier molecular flexibility index (Phi) is 45.3. The Bertz CT molecular complexity index is 3260. The fourth-order valence-electron chi connectivity index (χ4n) is 8.30. The van der Waals surface area contributed by atoms with E-state index < -0.39 is 0 Å². The smallest absolute Gasteiger partial charge is 0.222 e. The average Bonchev–Trinajstić information content (AvgIpc) is 1.02. The summed E-state index contributed by atoms with van der Waals surface area (Å²) in [5.41, 5.74) is 25.4. The molecule has 32 nitrogen and oxygen atoms in total. The van der Waals surface area contributed by atoms with Crippen molar-refractivity contribution in [1.82, 2.24) is 80.7 Å². The lowest BCUT2D eigenvalue weighted by molar-refractivity contribution is 0.265. The van der Waals surface area contributed by atoms with Crippen molar-refractivity contribution in [2.24, 2.45) is 0 Å². The van der Waals surface area contributed by atoms with Crippen molar-refractivity contribution >= 4 is 101 Å². The zero-order chi connectivity index (χ0) is 66.0. The molecule has 0 aliphatic rings. The second-order valence-corrected chi connectivity index (χ2v) is 20.4. The molecule has 0 bridgehead atoms. The summed E-state index contributed by atoms with van der Waals surface area (Å²) >= 11 is 0. The van der Waals surface area contributed by atoms with Crippen LogP contribution in [0.4, 0.5) is 47.1 Å². The summed E-state index contributed by atoms with van der Waals surface area (Å²) in [7, 11) is 0. The van der Waals surface area contributed by atoms with Crippen LogP contribution in [0.2, 0.25) is 0 Å². The zero-order valence-corrected chi connectivity index (χ0v) is 58.6. The summed E-state index contributed by atoms with van der Waals surface area (Å²) in [6.45, 7) is 9.60. The molecule has 8 aromatic heterocycles. The highest BCUT2D eigenvalue weighted by Crippen LogP contribution is 2.28. The Morgan fingerprint density at radius 2 is 0.625 bits per heavy atom. The van der Waals surface area contributed by atoms with Crippen LogP contribution in [-0.2, 0) is 26.4 Å². The van der Waals surface area contributed by atoms with Crippen LogP contribution in [0.1, 0.15) is 128 Å². The lowest BCUT2D eigenvalue weighted by atomic mass is 10.1. The molecular formula is C60H96N24O8S4. The van der Waals surface area contributed by atoms with E-state index in [2.05, 4.69) is 123 Å². The average molecular weight is 1410 g/mol. The monoisotopic (exact) mass is 1410 g/mol. The number of nitrogens with one attached hydrogen (secondary N) is 4. The van der Waals surface area contributed by atoms with Gasteiger partial charge in [-0.2, -0.15) is 115 Å². The summed E-state index contributed by atoms with van der Waals surface area (Å²) < 4.78 is 22.9. The predicted molar refractivity (Wildman–Crippen MR) is 389 cm³/mol. The maximum Gasteiger partial charge on any atom is 0.222 e. The molecule has 8 aromatic rings. The number of nitrogens with zero attached hydrogens (tertiary/aromatic N) is 16. The fourth-order valence-corrected chi connectivity index (χ4v) is 8.30. The minimum absolute atomic E-state index is 0. The molecule has 36 heteroatoms. The van der Waals surface area contributed by atoms with E-state index in [1.807, 2.05) is 31.2 Å². The highest BCUT2D eigenvalue weighted by Gasteiger charge is 2.18. The van der Waals surface area contributed by atoms with Crippen molar-refractivity contribution in [2.75, 3.05) is 70.6 Å². The molecule has 0 unspecified atom stereocenters. The molecule has 0 spiro atoms. The van der Waals surface area contributed by atoms with Crippen molar-refractivity contribution in [3.05, 3.63) is 121 Å². The Morgan fingerprint density at radius 3 is 0.875 bits per heavy atom. The van der Waals surface area contributed by atoms with E-state index in [1.54, 1.807) is 49.1 Å². The van der Waals surface area contributed by atoms with Crippen LogP contribution in [0, 0.1) is 0 Å². The van der Waals surface area contributed by atoms with Gasteiger partial charge in [0.2, 0.25) is 23.8 Å². The summed E-state index contributed by atoms with van der Waals surface area (Å²) in [5, 5.41) is 81.2. The van der Waals surface area contributed by atoms with Gasteiger partial charge >= 0.3 is 0 Å². The van der Waals surface area contributed by atoms with Gasteiger partial charge in [0.1, 0.15) is 49.2 Å². The molecule has 16 N–H and O–H groups in total. The summed E-state index contributed by atoms with van der Waals surface area (Å²) in [6, 6.07) is 14.4. The van der Waals surface area contributed by atoms with Gasteiger partial charge < -0.3 is 83.6 Å². The Labute approximate surface area is 587 Å². The summed E-state index contributed by atoms with van der Waals surface area (Å²) in [6.07, 6.45) is 23.4. The quantitative estimate of drug-likeness (QED) is 0.0214. The largest absolute Gasteiger partial charge is 0.482 e. The molecule has 0 saturated heterocycles. The van der Waals surface area contributed by atoms with Crippen LogP contribution < -0.4 is 63.1 Å². The number of nitrogen functional groups attached to an aromatic ring is 4. The Morgan fingerprint density at radius 1 is 0.365 bits per heavy atom. The van der Waals surface area contributed by atoms with Crippen molar-refractivity contribution in [3.63, 3.8) is 0 Å². The molecule has 96 heavy (non-hydrogen) atoms. The van der Waals surface area contributed by atoms with Crippen LogP contribution in [0.3, 0.4) is 0 Å². The van der Waals surface area contributed by atoms with Crippen molar-refractivity contribution in [2.45, 2.75) is 155 Å². The Balaban J connectivity index is 0.000000631. The first-order valence-electron chi connectivity index (χ1n) is 30.5. The standard InChI is InChI=1S/C16H24N6O2.2C15H22N6O2.C14H20N6O2.4H2S/c1-2-3-5-12(7-9-23)20-15-14(10-18-16(17)21-15)24-11-13-6-4-8-19-22-13;1-2-4-11(6-8-22)19-14-13(9-17-15(16)20-14)23-10-12-5-3-7-18-21-12;1-2-3-5-11(9-22)19-14-13(8-17-15(16)20-14)23-10-12-6-4-7-18-21-12;1-2-4-10(8-21)18-13-12(7-16-14(15)19-13)22-9-11-5-3-6-17-20-11;;;;/h4,6,8,10,12,23H,2-3,5,7,9,11H2,1H3,(H3,17,18,20,21);3,5,7,9,11,22H,2,4,6,8,10H2,1H3,(H3,16,17,19,20);4,6-8,11,22H,2-3,5,9-10H2,1H3,(H3,16,17,19,20);3,5-7,10,21H,2,4,8-9H2,1H3,(H3,15,16,18,19);4*1H2/t12-;2*11-;10-;;;;/m0000..../s1. The number of aliphatic hydroxyl groups excluding tert-OH is 4. The summed E-state index contributed by atoms with van der Waals surface area (Å²) in [4.78, 5) is 32.6. The minimum Gasteiger partial charge on any atom is -0.482 e. The van der Waals surface area contributed by atoms with Crippen molar-refractivity contribution in [1.29, 1.82) is 0 Å². The number of aromatic nitrogens is 16. The van der Waals surface area contributed by atoms with Gasteiger partial charge in [0.05, 0.1) is 50.1 Å². The highest BCUT2D eigenvalue weighted by atomic mass is 32.1. The van der Waals surface area contributed by atoms with Crippen LogP contribution in [0.25, 0.3) is 0 Å². The molecule has 4 atom stereocenters. The number of rotatable bonds is 36. The molecule has 0 amide bonds. The van der Waals surface area contributed by atoms with Crippen LogP contribution in [0.5, 0.6) is 23.0 Å². The molecule has 0 fully saturated rings. The Hall–Kier alpha value is -8.52. The topological polar surface area (TPSA) is 476 Å². The van der Waals surface area contributed by atoms with Gasteiger partial charge in [-0.05, 0) is 87.1 Å². The molecule has 0 aromatic carbocycles. The van der Waals surface area contributed by atoms with Crippen LogP contribution in [-0.4, -0.2) is 152 Å². The van der Waals surface area contributed by atoms with Gasteiger partial charge in [-0.25, -0.2) is 19.9 Å². The highest BCUT2D eigenvalue weighted by molar-refractivity contribution is 7.59. The molecule has 0 aliphatic heterocycles. The number of aliphatic hydroxyl groups is 4. The number of nitrogens with two attached hydrogens (primary N) is 4. The molecule has 0 aliphatic carbocycles. The lowest BCUT2D eigenvalue weighted by Crippen LogP contribution is -2.25. The number of unbranched alkanes of at least 4 members (excludes halogenated alkanes) is 2. The minimum atomic E-state index is -0.113. The second-order valence-electron chi connectivity index (χ2n) is 20.4. The van der Waals surface area contributed by atoms with Gasteiger partial charge in [0.25, 0.3) is 0 Å². The molecule has 8 heterocycles. The van der Waals surface area contributed by atoms with E-state index in [4.69, 9.17) is 41.9 Å². The van der Waals surface area contributed by atoms with E-state index in [1.165, 1.54) is 24.8 Å². The molecule has 0 saturated carbocycles. The third-order valence-electron chi connectivity index (χ3n) is 13.0. The van der Waals surface area contributed by atoms with E-state index >= 15 is 0 Å². The first kappa shape index (κ1) is 85.5. The maximum atomic E-state index is 9.49. The number of ether oxygens (including phenoxy) is 4. The predicted octanol–water partition coefficient (Wildman–Crippen LogP) is 6.01. The summed E-state index contributed by atoms with van der Waals surface area (Å²) in [5.74, 6) is 4.50. The van der Waals surface area contributed by atoms with E-state index in [0.29, 0.717) is 81.9 Å². The first-order valence-corrected chi connectivity index (χ1v) is 30.5. The van der Waals surface area contributed by atoms with Gasteiger partial charge in [-0.15, -0.1) is 0 Å². The molecular weight excluding hydrogens is 1310 g/mol.